The second-order valence-electron chi connectivity index (χ2n) is 9.30. The molecule has 0 N–H and O–H groups in total. The maximum atomic E-state index is 13.2. The van der Waals surface area contributed by atoms with Gasteiger partial charge in [-0.2, -0.15) is 0 Å². The molecule has 1 saturated heterocycles. The van der Waals surface area contributed by atoms with Crippen molar-refractivity contribution < 1.29 is 22.3 Å². The molecule has 1 aromatic rings. The Morgan fingerprint density at radius 3 is 2.19 bits per heavy atom. The van der Waals surface area contributed by atoms with Gasteiger partial charge >= 0.3 is 0 Å². The van der Waals surface area contributed by atoms with E-state index in [0.29, 0.717) is 23.8 Å². The van der Waals surface area contributed by atoms with Crippen molar-refractivity contribution in [2.75, 3.05) is 19.5 Å². The maximum Gasteiger partial charge on any atom is 0.191 e. The van der Waals surface area contributed by atoms with Crippen molar-refractivity contribution in [2.45, 2.75) is 95.2 Å². The van der Waals surface area contributed by atoms with Crippen LogP contribution in [0.25, 0.3) is 0 Å². The molecule has 184 valence electrons. The first kappa shape index (κ1) is 27.5. The molecule has 32 heavy (non-hydrogen) atoms. The Labute approximate surface area is 197 Å². The van der Waals surface area contributed by atoms with Crippen LogP contribution in [-0.2, 0) is 23.7 Å². The summed E-state index contributed by atoms with van der Waals surface area (Å²) in [5.41, 5.74) is 0. The van der Waals surface area contributed by atoms with Crippen molar-refractivity contribution in [3.05, 3.63) is 30.3 Å². The van der Waals surface area contributed by atoms with Gasteiger partial charge in [0.2, 0.25) is 0 Å². The lowest BCUT2D eigenvalue weighted by molar-refractivity contribution is -0.0212. The predicted octanol–water partition coefficient (Wildman–Crippen LogP) is 5.71. The monoisotopic (exact) mass is 484 g/mol. The molecule has 1 aliphatic rings. The summed E-state index contributed by atoms with van der Waals surface area (Å²) >= 11 is 0. The SMILES string of the molecule is CC[C@@H](C)C[C@H]1O[C@@H](CCO[Si](CC)(CC)CC)[C@H](CS(=O)(=O)c2ccccc2)[C@H]1OC. The van der Waals surface area contributed by atoms with E-state index in [2.05, 4.69) is 34.6 Å². The summed E-state index contributed by atoms with van der Waals surface area (Å²) in [4.78, 5) is 0.365. The molecular weight excluding hydrogens is 440 g/mol. The minimum atomic E-state index is -3.44. The van der Waals surface area contributed by atoms with Crippen LogP contribution in [0.3, 0.4) is 0 Å². The van der Waals surface area contributed by atoms with Crippen LogP contribution in [-0.4, -0.2) is 54.5 Å². The Hall–Kier alpha value is -0.733. The molecule has 0 aliphatic carbocycles. The highest BCUT2D eigenvalue weighted by Gasteiger charge is 2.47. The summed E-state index contributed by atoms with van der Waals surface area (Å²) in [6.07, 6.45) is 2.17. The number of benzene rings is 1. The van der Waals surface area contributed by atoms with Gasteiger partial charge in [-0.1, -0.05) is 59.2 Å². The molecule has 0 radical (unpaired) electrons. The standard InChI is InChI=1S/C25H44O5SSi/c1-7-20(5)18-24-25(28-6)22(19-31(26,27)21-14-12-11-13-15-21)23(30-24)16-17-29-32(8-2,9-3)10-4/h11-15,20,22-25H,7-10,16-19H2,1-6H3/t20-,22+,23+,24-,25-/m1/s1. The van der Waals surface area contributed by atoms with Crippen LogP contribution in [0.1, 0.15) is 53.9 Å². The van der Waals surface area contributed by atoms with E-state index in [1.165, 1.54) is 0 Å². The molecule has 0 aromatic heterocycles. The number of hydrogen-bond acceptors (Lipinski definition) is 5. The summed E-state index contributed by atoms with van der Waals surface area (Å²) in [5.74, 6) is 0.331. The number of ether oxygens (including phenoxy) is 2. The van der Waals surface area contributed by atoms with Gasteiger partial charge in [0.15, 0.2) is 18.2 Å². The molecule has 0 bridgehead atoms. The quantitative estimate of drug-likeness (QED) is 0.317. The largest absolute Gasteiger partial charge is 0.417 e. The molecule has 1 heterocycles. The second-order valence-corrected chi connectivity index (χ2v) is 16.1. The highest BCUT2D eigenvalue weighted by atomic mass is 32.2. The first-order chi connectivity index (χ1) is 15.3. The maximum absolute atomic E-state index is 13.2. The van der Waals surface area contributed by atoms with Crippen molar-refractivity contribution in [3.8, 4) is 0 Å². The average Bonchev–Trinajstić information content (AvgIpc) is 3.12. The average molecular weight is 485 g/mol. The molecule has 0 unspecified atom stereocenters. The summed E-state index contributed by atoms with van der Waals surface area (Å²) in [7, 11) is -3.44. The van der Waals surface area contributed by atoms with Crippen molar-refractivity contribution in [3.63, 3.8) is 0 Å². The van der Waals surface area contributed by atoms with Crippen LogP contribution >= 0.6 is 0 Å². The lowest BCUT2D eigenvalue weighted by atomic mass is 9.91. The highest BCUT2D eigenvalue weighted by Crippen LogP contribution is 2.37. The van der Waals surface area contributed by atoms with Crippen LogP contribution in [0, 0.1) is 11.8 Å². The summed E-state index contributed by atoms with van der Waals surface area (Å²) in [6, 6.07) is 12.0. The molecular formula is C25H44O5SSi. The summed E-state index contributed by atoms with van der Waals surface area (Å²) in [5, 5.41) is 0. The molecule has 1 aromatic carbocycles. The molecule has 0 saturated carbocycles. The van der Waals surface area contributed by atoms with E-state index >= 15 is 0 Å². The zero-order chi connectivity index (χ0) is 23.8. The van der Waals surface area contributed by atoms with Gasteiger partial charge in [0.05, 0.1) is 29.0 Å². The number of methoxy groups -OCH3 is 1. The lowest BCUT2D eigenvalue weighted by Crippen LogP contribution is -2.38. The molecule has 1 aliphatic heterocycles. The van der Waals surface area contributed by atoms with Gasteiger partial charge in [-0.05, 0) is 49.0 Å². The lowest BCUT2D eigenvalue weighted by Gasteiger charge is -2.29. The predicted molar refractivity (Wildman–Crippen MR) is 133 cm³/mol. The smallest absolute Gasteiger partial charge is 0.191 e. The third kappa shape index (κ3) is 6.89. The molecule has 5 atom stereocenters. The van der Waals surface area contributed by atoms with Crippen molar-refractivity contribution in [2.24, 2.45) is 11.8 Å². The number of rotatable bonds is 14. The Kier molecular flexibility index (Phi) is 10.9. The van der Waals surface area contributed by atoms with Crippen LogP contribution in [0.15, 0.2) is 35.2 Å². The van der Waals surface area contributed by atoms with E-state index in [1.54, 1.807) is 31.4 Å². The minimum Gasteiger partial charge on any atom is -0.417 e. The van der Waals surface area contributed by atoms with Gasteiger partial charge in [0.25, 0.3) is 0 Å². The van der Waals surface area contributed by atoms with Crippen molar-refractivity contribution in [1.82, 2.24) is 0 Å². The highest BCUT2D eigenvalue weighted by molar-refractivity contribution is 7.91. The Morgan fingerprint density at radius 2 is 1.66 bits per heavy atom. The van der Waals surface area contributed by atoms with E-state index in [1.807, 2.05) is 6.07 Å². The van der Waals surface area contributed by atoms with Crippen molar-refractivity contribution >= 4 is 18.2 Å². The molecule has 1 fully saturated rings. The molecule has 2 rings (SSSR count). The van der Waals surface area contributed by atoms with Crippen LogP contribution in [0.2, 0.25) is 18.1 Å². The van der Waals surface area contributed by atoms with Gasteiger partial charge in [-0.3, -0.25) is 0 Å². The van der Waals surface area contributed by atoms with E-state index < -0.39 is 18.2 Å². The first-order valence-electron chi connectivity index (χ1n) is 12.4. The fraction of sp³-hybridized carbons (Fsp3) is 0.760. The fourth-order valence-electron chi connectivity index (χ4n) is 4.88. The van der Waals surface area contributed by atoms with Crippen LogP contribution in [0.4, 0.5) is 0 Å². The van der Waals surface area contributed by atoms with Gasteiger partial charge in [-0.15, -0.1) is 0 Å². The van der Waals surface area contributed by atoms with Crippen molar-refractivity contribution in [1.29, 1.82) is 0 Å². The van der Waals surface area contributed by atoms with E-state index in [0.717, 1.165) is 31.0 Å². The molecule has 0 spiro atoms. The van der Waals surface area contributed by atoms with E-state index in [9.17, 15) is 8.42 Å². The third-order valence-electron chi connectivity index (χ3n) is 7.48. The first-order valence-corrected chi connectivity index (χ1v) is 16.5. The van der Waals surface area contributed by atoms with Gasteiger partial charge in [0.1, 0.15) is 0 Å². The number of hydrogen-bond donors (Lipinski definition) is 0. The minimum absolute atomic E-state index is 0.0368. The Balaban J connectivity index is 2.21. The third-order valence-corrected chi connectivity index (χ3v) is 14.0. The molecule has 0 amide bonds. The zero-order valence-electron chi connectivity index (χ0n) is 20.9. The molecule has 7 heteroatoms. The van der Waals surface area contributed by atoms with E-state index in [4.69, 9.17) is 13.9 Å². The fourth-order valence-corrected chi connectivity index (χ4v) is 9.22. The second kappa shape index (κ2) is 12.7. The van der Waals surface area contributed by atoms with Crippen LogP contribution in [0.5, 0.6) is 0 Å². The topological polar surface area (TPSA) is 61.8 Å². The van der Waals surface area contributed by atoms with Gasteiger partial charge in [-0.25, -0.2) is 8.42 Å². The summed E-state index contributed by atoms with van der Waals surface area (Å²) < 4.78 is 45.3. The van der Waals surface area contributed by atoms with Gasteiger partial charge < -0.3 is 13.9 Å². The zero-order valence-corrected chi connectivity index (χ0v) is 22.7. The van der Waals surface area contributed by atoms with Crippen LogP contribution < -0.4 is 0 Å². The Morgan fingerprint density at radius 1 is 1.03 bits per heavy atom. The van der Waals surface area contributed by atoms with E-state index in [-0.39, 0.29) is 30.0 Å². The molecule has 5 nitrogen and oxygen atoms in total. The van der Waals surface area contributed by atoms with Gasteiger partial charge in [0, 0.05) is 19.6 Å². The summed E-state index contributed by atoms with van der Waals surface area (Å²) in [6.45, 7) is 11.7. The Bertz CT molecular complexity index is 758. The normalized spacial score (nSPS) is 25.2. The number of sulfone groups is 1.